The molecular weight excluding hydrogens is 481 g/mol. The predicted molar refractivity (Wildman–Crippen MR) is 114 cm³/mol. The Labute approximate surface area is 176 Å². The molecule has 2 aromatic rings. The lowest BCUT2D eigenvalue weighted by atomic mass is 10.0. The number of carbonyl (C=O) groups excluding carboxylic acids is 1. The minimum Gasteiger partial charge on any atom is -0.289 e. The van der Waals surface area contributed by atoms with Crippen molar-refractivity contribution in [2.45, 2.75) is 13.8 Å². The zero-order valence-corrected chi connectivity index (χ0v) is 18.7. The Kier molecular flexibility index (Phi) is 7.44. The molecule has 0 bridgehead atoms. The van der Waals surface area contributed by atoms with Gasteiger partial charge in [0.05, 0.1) is 16.5 Å². The molecule has 0 aromatic heterocycles. The monoisotopic (exact) mass is 495 g/mol. The van der Waals surface area contributed by atoms with Crippen LogP contribution in [0.4, 0.5) is 5.69 Å². The standard InChI is InChI=1S/C17H16BrCl2NO3S2/c1-3-25-21(26(23,24)4-2)16-10-14(18)13(9-15(16)20)17(22)11-5-7-12(19)8-6-11/h5-10H,3-4H2,1-2H3. The summed E-state index contributed by atoms with van der Waals surface area (Å²) >= 11 is 16.7. The van der Waals surface area contributed by atoms with Gasteiger partial charge >= 0.3 is 0 Å². The number of rotatable bonds is 7. The number of ketones is 1. The van der Waals surface area contributed by atoms with Crippen LogP contribution in [-0.2, 0) is 10.0 Å². The molecule has 0 unspecified atom stereocenters. The average molecular weight is 497 g/mol. The quantitative estimate of drug-likeness (QED) is 0.358. The molecule has 140 valence electrons. The van der Waals surface area contributed by atoms with Crippen LogP contribution in [-0.4, -0.2) is 25.7 Å². The number of nitrogens with zero attached hydrogens (tertiary/aromatic N) is 1. The molecule has 9 heteroatoms. The smallest absolute Gasteiger partial charge is 0.244 e. The molecule has 0 aliphatic heterocycles. The maximum absolute atomic E-state index is 12.7. The number of halogens is 3. The lowest BCUT2D eigenvalue weighted by Crippen LogP contribution is -2.26. The van der Waals surface area contributed by atoms with E-state index in [-0.39, 0.29) is 16.6 Å². The highest BCUT2D eigenvalue weighted by Gasteiger charge is 2.25. The first-order valence-corrected chi connectivity index (χ1v) is 11.8. The second kappa shape index (κ2) is 8.97. The van der Waals surface area contributed by atoms with Crippen molar-refractivity contribution in [2.75, 3.05) is 15.2 Å². The van der Waals surface area contributed by atoms with Crippen molar-refractivity contribution < 1.29 is 13.2 Å². The van der Waals surface area contributed by atoms with Crippen molar-refractivity contribution in [2.24, 2.45) is 0 Å². The summed E-state index contributed by atoms with van der Waals surface area (Å²) in [5.74, 6) is 0.257. The first kappa shape index (κ1) is 21.6. The van der Waals surface area contributed by atoms with E-state index in [0.717, 1.165) is 11.9 Å². The van der Waals surface area contributed by atoms with Gasteiger partial charge in [0, 0.05) is 26.4 Å². The highest BCUT2D eigenvalue weighted by atomic mass is 79.9. The molecule has 0 aliphatic rings. The van der Waals surface area contributed by atoms with Gasteiger partial charge in [-0.05, 0) is 71.2 Å². The number of anilines is 1. The zero-order chi connectivity index (χ0) is 19.5. The topological polar surface area (TPSA) is 54.5 Å². The third-order valence-electron chi connectivity index (χ3n) is 3.45. The molecular formula is C17H16BrCl2NO3S2. The number of sulfonamides is 1. The number of carbonyl (C=O) groups is 1. The summed E-state index contributed by atoms with van der Waals surface area (Å²) in [6, 6.07) is 9.55. The van der Waals surface area contributed by atoms with Gasteiger partial charge in [-0.1, -0.05) is 30.1 Å². The third kappa shape index (κ3) is 4.75. The van der Waals surface area contributed by atoms with Crippen LogP contribution in [0.5, 0.6) is 0 Å². The highest BCUT2D eigenvalue weighted by molar-refractivity contribution is 9.10. The predicted octanol–water partition coefficient (Wildman–Crippen LogP) is 5.81. The number of benzene rings is 2. The fourth-order valence-electron chi connectivity index (χ4n) is 2.14. The lowest BCUT2D eigenvalue weighted by Gasteiger charge is -2.23. The molecule has 0 saturated heterocycles. The van der Waals surface area contributed by atoms with E-state index in [4.69, 9.17) is 23.2 Å². The third-order valence-corrected chi connectivity index (χ3v) is 7.78. The summed E-state index contributed by atoms with van der Waals surface area (Å²) in [7, 11) is -3.51. The number of hydrogen-bond donors (Lipinski definition) is 0. The first-order valence-electron chi connectivity index (χ1n) is 7.66. The van der Waals surface area contributed by atoms with Crippen LogP contribution in [0.2, 0.25) is 10.0 Å². The Morgan fingerprint density at radius 2 is 1.77 bits per heavy atom. The van der Waals surface area contributed by atoms with Gasteiger partial charge in [0.2, 0.25) is 10.0 Å². The van der Waals surface area contributed by atoms with E-state index in [1.165, 1.54) is 9.78 Å². The van der Waals surface area contributed by atoms with E-state index >= 15 is 0 Å². The van der Waals surface area contributed by atoms with Crippen LogP contribution in [0.1, 0.15) is 29.8 Å². The van der Waals surface area contributed by atoms with Crippen LogP contribution in [0, 0.1) is 0 Å². The fourth-order valence-corrected chi connectivity index (χ4v) is 5.61. The molecule has 2 rings (SSSR count). The van der Waals surface area contributed by atoms with Gasteiger partial charge in [-0.15, -0.1) is 0 Å². The van der Waals surface area contributed by atoms with Crippen LogP contribution in [0.3, 0.4) is 0 Å². The first-order chi connectivity index (χ1) is 12.2. The van der Waals surface area contributed by atoms with E-state index < -0.39 is 10.0 Å². The molecule has 0 amide bonds. The summed E-state index contributed by atoms with van der Waals surface area (Å²) in [6.07, 6.45) is 0. The van der Waals surface area contributed by atoms with Gasteiger partial charge < -0.3 is 0 Å². The van der Waals surface area contributed by atoms with Crippen LogP contribution >= 0.6 is 51.1 Å². The molecule has 4 nitrogen and oxygen atoms in total. The van der Waals surface area contributed by atoms with Gasteiger partial charge in [0.15, 0.2) is 5.78 Å². The van der Waals surface area contributed by atoms with E-state index in [1.54, 1.807) is 37.3 Å². The summed E-state index contributed by atoms with van der Waals surface area (Å²) < 4.78 is 26.4. The molecule has 2 aromatic carbocycles. The normalized spacial score (nSPS) is 11.4. The molecule has 0 fully saturated rings. The second-order valence-electron chi connectivity index (χ2n) is 5.16. The van der Waals surface area contributed by atoms with Gasteiger partial charge in [0.25, 0.3) is 0 Å². The van der Waals surface area contributed by atoms with E-state index in [0.29, 0.717) is 32.1 Å². The maximum atomic E-state index is 12.7. The molecule has 26 heavy (non-hydrogen) atoms. The summed E-state index contributed by atoms with van der Waals surface area (Å²) in [6.45, 7) is 3.42. The van der Waals surface area contributed by atoms with Gasteiger partial charge in [-0.25, -0.2) is 12.1 Å². The van der Waals surface area contributed by atoms with Crippen molar-refractivity contribution in [3.63, 3.8) is 0 Å². The SMILES string of the molecule is CCSN(c1cc(Br)c(C(=O)c2ccc(Cl)cc2)cc1Cl)S(=O)(=O)CC. The summed E-state index contributed by atoms with van der Waals surface area (Å²) in [5, 5.41) is 0.717. The molecule has 0 saturated carbocycles. The Balaban J connectivity index is 2.50. The highest BCUT2D eigenvalue weighted by Crippen LogP contribution is 2.38. The molecule has 0 atom stereocenters. The van der Waals surface area contributed by atoms with Crippen molar-refractivity contribution in [1.29, 1.82) is 0 Å². The van der Waals surface area contributed by atoms with Gasteiger partial charge in [0.1, 0.15) is 0 Å². The van der Waals surface area contributed by atoms with E-state index in [2.05, 4.69) is 15.9 Å². The summed E-state index contributed by atoms with van der Waals surface area (Å²) in [4.78, 5) is 12.7. The minimum atomic E-state index is -3.51. The molecule has 0 spiro atoms. The van der Waals surface area contributed by atoms with E-state index in [9.17, 15) is 13.2 Å². The molecule has 0 heterocycles. The van der Waals surface area contributed by atoms with E-state index in [1.807, 2.05) is 6.92 Å². The van der Waals surface area contributed by atoms with Crippen LogP contribution in [0.25, 0.3) is 0 Å². The molecule has 0 N–H and O–H groups in total. The molecule has 0 radical (unpaired) electrons. The fraction of sp³-hybridized carbons (Fsp3) is 0.235. The second-order valence-corrected chi connectivity index (χ2v) is 10.4. The van der Waals surface area contributed by atoms with Crippen LogP contribution < -0.4 is 3.71 Å². The van der Waals surface area contributed by atoms with Crippen LogP contribution in [0.15, 0.2) is 40.9 Å². The van der Waals surface area contributed by atoms with Crippen molar-refractivity contribution in [1.82, 2.24) is 0 Å². The maximum Gasteiger partial charge on any atom is 0.244 e. The van der Waals surface area contributed by atoms with Crippen molar-refractivity contribution >= 4 is 72.6 Å². The lowest BCUT2D eigenvalue weighted by molar-refractivity contribution is 0.103. The summed E-state index contributed by atoms with van der Waals surface area (Å²) in [5.41, 5.74) is 1.12. The van der Waals surface area contributed by atoms with Gasteiger partial charge in [-0.3, -0.25) is 4.79 Å². The average Bonchev–Trinajstić information content (AvgIpc) is 2.61. The Hall–Kier alpha value is -0.730. The van der Waals surface area contributed by atoms with Crippen molar-refractivity contribution in [3.8, 4) is 0 Å². The number of hydrogen-bond acceptors (Lipinski definition) is 4. The zero-order valence-electron chi connectivity index (χ0n) is 14.0. The minimum absolute atomic E-state index is 0.0561. The molecule has 0 aliphatic carbocycles. The largest absolute Gasteiger partial charge is 0.289 e. The Morgan fingerprint density at radius 1 is 1.15 bits per heavy atom. The van der Waals surface area contributed by atoms with Gasteiger partial charge in [-0.2, -0.15) is 0 Å². The Bertz CT molecular complexity index is 918. The Morgan fingerprint density at radius 3 is 2.31 bits per heavy atom. The van der Waals surface area contributed by atoms with Crippen molar-refractivity contribution in [3.05, 3.63) is 62.0 Å².